The van der Waals surface area contributed by atoms with Gasteiger partial charge in [-0.1, -0.05) is 24.3 Å². The molecule has 46 heavy (non-hydrogen) atoms. The molecule has 3 aliphatic heterocycles. The van der Waals surface area contributed by atoms with E-state index in [0.29, 0.717) is 12.0 Å². The number of nitrogens with zero attached hydrogens (tertiary/aromatic N) is 6. The van der Waals surface area contributed by atoms with E-state index in [1.807, 2.05) is 0 Å². The number of aliphatic hydroxyl groups is 1. The first-order chi connectivity index (χ1) is 22.1. The average molecular weight is 640 g/mol. The molecule has 0 saturated carbocycles. The number of aliphatic hydroxyl groups excluding tert-OH is 1. The first-order valence-corrected chi connectivity index (χ1v) is 14.0. The molecular weight excluding hydrogens is 610 g/mol. The Morgan fingerprint density at radius 3 is 2.15 bits per heavy atom. The smallest absolute Gasteiger partial charge is 0.462 e. The summed E-state index contributed by atoms with van der Waals surface area (Å²) < 4.78 is 21.9. The molecule has 0 amide bonds. The van der Waals surface area contributed by atoms with Gasteiger partial charge in [0.15, 0.2) is 5.84 Å². The summed E-state index contributed by atoms with van der Waals surface area (Å²) in [6.07, 6.45) is -1.70. The Morgan fingerprint density at radius 1 is 1.00 bits per heavy atom. The molecule has 0 radical (unpaired) electrons. The van der Waals surface area contributed by atoms with Crippen LogP contribution in [0, 0.1) is 20.2 Å². The molecule has 4 atom stereocenters. The highest BCUT2D eigenvalue weighted by atomic mass is 16.7. The molecular formula is C28H29N7O11. The summed E-state index contributed by atoms with van der Waals surface area (Å²) in [5.41, 5.74) is 5.75. The largest absolute Gasteiger partial charge is 0.508 e. The lowest BCUT2D eigenvalue weighted by Gasteiger charge is -2.30. The molecule has 2 aromatic rings. The molecule has 0 bridgehead atoms. The van der Waals surface area contributed by atoms with Crippen molar-refractivity contribution >= 4 is 41.4 Å². The van der Waals surface area contributed by atoms with Crippen LogP contribution in [-0.2, 0) is 36.6 Å². The fourth-order valence-corrected chi connectivity index (χ4v) is 4.99. The summed E-state index contributed by atoms with van der Waals surface area (Å²) in [5.74, 6) is -0.672. The van der Waals surface area contributed by atoms with Crippen molar-refractivity contribution in [3.8, 4) is 0 Å². The number of benzene rings is 2. The molecule has 1 saturated heterocycles. The van der Waals surface area contributed by atoms with Gasteiger partial charge in [0.1, 0.15) is 37.2 Å². The molecule has 242 valence electrons. The number of fused-ring (bicyclic) bond motifs is 1. The van der Waals surface area contributed by atoms with Gasteiger partial charge in [0, 0.05) is 43.5 Å². The van der Waals surface area contributed by atoms with E-state index in [0.717, 1.165) is 11.9 Å². The fraction of sp³-hybridized carbons (Fsp3) is 0.393. The van der Waals surface area contributed by atoms with Gasteiger partial charge in [0.2, 0.25) is 0 Å². The second-order valence-corrected chi connectivity index (χ2v) is 10.4. The van der Waals surface area contributed by atoms with Crippen LogP contribution in [0.4, 0.5) is 16.2 Å². The number of hydrogen-bond donors (Lipinski definition) is 2. The number of non-ortho nitro benzene ring substituents is 2. The number of ether oxygens (including phenoxy) is 4. The lowest BCUT2D eigenvalue weighted by Crippen LogP contribution is -2.59. The van der Waals surface area contributed by atoms with Crippen molar-refractivity contribution in [3.05, 3.63) is 79.9 Å². The van der Waals surface area contributed by atoms with Gasteiger partial charge in [-0.25, -0.2) is 19.6 Å². The van der Waals surface area contributed by atoms with E-state index in [4.69, 9.17) is 24.7 Å². The van der Waals surface area contributed by atoms with Crippen molar-refractivity contribution in [2.45, 2.75) is 43.4 Å². The average Bonchev–Trinajstić information content (AvgIpc) is 3.66. The highest BCUT2D eigenvalue weighted by Crippen LogP contribution is 2.30. The minimum Gasteiger partial charge on any atom is -0.462 e. The second kappa shape index (κ2) is 13.8. The monoisotopic (exact) mass is 639 g/mol. The first kappa shape index (κ1) is 32.1. The van der Waals surface area contributed by atoms with E-state index in [9.17, 15) is 34.9 Å². The maximum Gasteiger partial charge on any atom is 0.508 e. The Hall–Kier alpha value is -5.33. The minimum atomic E-state index is -1.99. The summed E-state index contributed by atoms with van der Waals surface area (Å²) in [6.45, 7) is -0.586. The molecule has 0 aliphatic carbocycles. The van der Waals surface area contributed by atoms with Crippen LogP contribution in [-0.4, -0.2) is 100 Å². The van der Waals surface area contributed by atoms with Crippen molar-refractivity contribution in [1.82, 2.24) is 4.90 Å². The van der Waals surface area contributed by atoms with Crippen LogP contribution < -0.4 is 5.73 Å². The van der Waals surface area contributed by atoms with Gasteiger partial charge >= 0.3 is 12.1 Å². The summed E-state index contributed by atoms with van der Waals surface area (Å²) in [7, 11) is 0. The molecule has 1 fully saturated rings. The topological polar surface area (TPSA) is 244 Å². The van der Waals surface area contributed by atoms with Crippen LogP contribution in [0.25, 0.3) is 0 Å². The number of esters is 1. The van der Waals surface area contributed by atoms with Crippen LogP contribution in [0.15, 0.2) is 63.5 Å². The molecule has 18 heteroatoms. The molecule has 0 aromatic heterocycles. The zero-order chi connectivity index (χ0) is 32.8. The molecule has 3 aliphatic rings. The molecule has 18 nitrogen and oxygen atoms in total. The number of nitro benzene ring substituents is 2. The predicted molar refractivity (Wildman–Crippen MR) is 158 cm³/mol. The van der Waals surface area contributed by atoms with Crippen molar-refractivity contribution in [3.63, 3.8) is 0 Å². The molecule has 2 aromatic carbocycles. The van der Waals surface area contributed by atoms with Crippen LogP contribution in [0.1, 0.15) is 17.5 Å². The van der Waals surface area contributed by atoms with E-state index in [2.05, 4.69) is 15.0 Å². The van der Waals surface area contributed by atoms with E-state index in [-0.39, 0.29) is 55.6 Å². The Bertz CT molecular complexity index is 1580. The fourth-order valence-electron chi connectivity index (χ4n) is 4.99. The zero-order valence-electron chi connectivity index (χ0n) is 24.2. The highest BCUT2D eigenvalue weighted by Gasteiger charge is 2.51. The summed E-state index contributed by atoms with van der Waals surface area (Å²) in [5, 5.41) is 31.5. The first-order valence-electron chi connectivity index (χ1n) is 14.0. The zero-order valence-corrected chi connectivity index (χ0v) is 24.2. The maximum atomic E-state index is 13.0. The number of carbonyl (C=O) groups is 2. The summed E-state index contributed by atoms with van der Waals surface area (Å²) in [6, 6.07) is 11.7. The molecule has 0 spiro atoms. The number of rotatable bonds is 12. The predicted octanol–water partition coefficient (Wildman–Crippen LogP) is 1.27. The summed E-state index contributed by atoms with van der Waals surface area (Å²) in [4.78, 5) is 60.3. The van der Waals surface area contributed by atoms with Crippen molar-refractivity contribution in [2.24, 2.45) is 20.7 Å². The number of nitro groups is 2. The third-order valence-electron chi connectivity index (χ3n) is 7.46. The van der Waals surface area contributed by atoms with Crippen LogP contribution in [0.2, 0.25) is 0 Å². The highest BCUT2D eigenvalue weighted by molar-refractivity contribution is 6.51. The van der Waals surface area contributed by atoms with E-state index in [1.54, 1.807) is 29.2 Å². The van der Waals surface area contributed by atoms with Crippen molar-refractivity contribution in [1.29, 1.82) is 0 Å². The summed E-state index contributed by atoms with van der Waals surface area (Å²) >= 11 is 0. The van der Waals surface area contributed by atoms with E-state index >= 15 is 0 Å². The van der Waals surface area contributed by atoms with Gasteiger partial charge in [-0.15, -0.1) is 0 Å². The van der Waals surface area contributed by atoms with Crippen molar-refractivity contribution < 1.29 is 43.5 Å². The molecule has 1 unspecified atom stereocenters. The van der Waals surface area contributed by atoms with Gasteiger partial charge in [0.05, 0.1) is 29.7 Å². The normalized spacial score (nSPS) is 23.3. The quantitative estimate of drug-likeness (QED) is 0.189. The van der Waals surface area contributed by atoms with Crippen LogP contribution >= 0.6 is 0 Å². The van der Waals surface area contributed by atoms with Gasteiger partial charge in [0.25, 0.3) is 17.0 Å². The van der Waals surface area contributed by atoms with Crippen LogP contribution in [0.5, 0.6) is 0 Å². The molecule has 3 heterocycles. The Morgan fingerprint density at radius 2 is 1.59 bits per heavy atom. The number of aliphatic imine (C=N–C) groups is 3. The standard InChI is InChI=1S/C28H29N7O11/c29-28(26(37)43-11-9-17-1-5-19(6-2-17)34(39)40)24-25(30-15-32-28)33(16-31-24)23-13-21(22(14-36)45-23)46-27(38)44-12-10-18-3-7-20(8-4-18)35(41)42/h1-8,15,21-23,36H,9-14,16,29H2/t21-,22+,23+,28?/m0/s1. The number of amidine groups is 1. The lowest BCUT2D eigenvalue weighted by atomic mass is 10.0. The Labute approximate surface area is 260 Å². The van der Waals surface area contributed by atoms with Gasteiger partial charge in [-0.2, -0.15) is 0 Å². The Kier molecular flexibility index (Phi) is 9.59. The van der Waals surface area contributed by atoms with Gasteiger partial charge in [-0.3, -0.25) is 31.0 Å². The lowest BCUT2D eigenvalue weighted by molar-refractivity contribution is -0.385. The third-order valence-corrected chi connectivity index (χ3v) is 7.46. The number of hydrogen-bond acceptors (Lipinski definition) is 16. The minimum absolute atomic E-state index is 0.0121. The van der Waals surface area contributed by atoms with Gasteiger partial charge in [-0.05, 0) is 11.1 Å². The van der Waals surface area contributed by atoms with Crippen LogP contribution in [0.3, 0.4) is 0 Å². The maximum absolute atomic E-state index is 13.0. The van der Waals surface area contributed by atoms with E-state index in [1.165, 1.54) is 24.3 Å². The number of nitrogens with two attached hydrogens (primary N) is 1. The number of carbonyl (C=O) groups excluding carboxylic acids is 2. The molecule has 3 N–H and O–H groups in total. The second-order valence-electron chi connectivity index (χ2n) is 10.4. The van der Waals surface area contributed by atoms with Crippen molar-refractivity contribution in [2.75, 3.05) is 26.5 Å². The SMILES string of the molecule is NC1(C(=O)OCCc2ccc([N+](=O)[O-])cc2)N=CN=C2C1=NCN2[C@H]1C[C@H](OC(=O)OCCc2ccc([N+](=O)[O-])cc2)[C@@H](CO)O1. The van der Waals surface area contributed by atoms with E-state index < -0.39 is 52.7 Å². The third kappa shape index (κ3) is 6.98. The van der Waals surface area contributed by atoms with Gasteiger partial charge < -0.3 is 29.0 Å². The molecule has 5 rings (SSSR count). The Balaban J connectivity index is 1.12.